The van der Waals surface area contributed by atoms with E-state index in [-0.39, 0.29) is 18.3 Å². The van der Waals surface area contributed by atoms with Crippen LogP contribution in [0.25, 0.3) is 0 Å². The molecule has 1 aromatic carbocycles. The van der Waals surface area contributed by atoms with Gasteiger partial charge in [0.15, 0.2) is 5.17 Å². The first-order valence-corrected chi connectivity index (χ1v) is 9.04. The van der Waals surface area contributed by atoms with Crippen LogP contribution >= 0.6 is 11.8 Å². The van der Waals surface area contributed by atoms with Crippen molar-refractivity contribution < 1.29 is 18.7 Å². The lowest BCUT2D eigenvalue weighted by molar-refractivity contribution is 0.0564. The lowest BCUT2D eigenvalue weighted by atomic mass is 9.81. The summed E-state index contributed by atoms with van der Waals surface area (Å²) in [4.78, 5) is 16.7. The summed E-state index contributed by atoms with van der Waals surface area (Å²) in [6, 6.07) is 4.45. The Morgan fingerprint density at radius 2 is 2.28 bits per heavy atom. The number of hydrogen-bond acceptors (Lipinski definition) is 6. The Kier molecular flexibility index (Phi) is 4.68. The van der Waals surface area contributed by atoms with Gasteiger partial charge in [-0.15, -0.1) is 0 Å². The average molecular weight is 367 g/mol. The van der Waals surface area contributed by atoms with Crippen molar-refractivity contribution in [2.24, 2.45) is 10.9 Å². The molecule has 2 aliphatic heterocycles. The Labute approximate surface area is 150 Å². The number of thioether (sulfide) groups is 1. The summed E-state index contributed by atoms with van der Waals surface area (Å²) in [7, 11) is 0. The fraction of sp³-hybridized carbons (Fsp3) is 0.529. The van der Waals surface area contributed by atoms with Crippen molar-refractivity contribution in [2.45, 2.75) is 31.9 Å². The molecule has 1 aromatic rings. The van der Waals surface area contributed by atoms with Gasteiger partial charge in [-0.25, -0.2) is 14.2 Å². The van der Waals surface area contributed by atoms with Crippen molar-refractivity contribution in [1.82, 2.24) is 5.32 Å². The molecule has 0 aliphatic carbocycles. The quantitative estimate of drug-likeness (QED) is 0.746. The Morgan fingerprint density at radius 1 is 1.52 bits per heavy atom. The molecule has 6 nitrogen and oxygen atoms in total. The summed E-state index contributed by atoms with van der Waals surface area (Å²) >= 11 is 1.40. The third-order valence-corrected chi connectivity index (χ3v) is 5.14. The number of hydrogen-bond donors (Lipinski definition) is 2. The number of nitrogens with two attached hydrogens (primary N) is 1. The number of amides is 1. The van der Waals surface area contributed by atoms with Crippen LogP contribution in [0, 0.1) is 11.7 Å². The normalized spacial score (nSPS) is 25.9. The van der Waals surface area contributed by atoms with Gasteiger partial charge in [0.2, 0.25) is 0 Å². The van der Waals surface area contributed by atoms with E-state index in [2.05, 4.69) is 10.3 Å². The van der Waals surface area contributed by atoms with E-state index in [9.17, 15) is 9.18 Å². The SMILES string of the molecule is CC(C)(C)OC(=O)NC1=NC2(c3cc(N)ccc3F)COC[C@H]2CS1. The molecule has 1 unspecified atom stereocenters. The number of benzene rings is 1. The van der Waals surface area contributed by atoms with Gasteiger partial charge >= 0.3 is 6.09 Å². The molecule has 3 N–H and O–H groups in total. The summed E-state index contributed by atoms with van der Waals surface area (Å²) in [6.45, 7) is 6.09. The number of nitrogens with one attached hydrogen (secondary N) is 1. The van der Waals surface area contributed by atoms with Crippen LogP contribution < -0.4 is 11.1 Å². The standard InChI is InChI=1S/C17H22FN3O3S/c1-16(2,3)24-15(22)20-14-21-17(9-23-7-10(17)8-25-14)12-6-11(19)4-5-13(12)18/h4-6,10H,7-9,19H2,1-3H3,(H,20,21,22)/t10-,17?/m0/s1. The first kappa shape index (κ1) is 18.0. The minimum Gasteiger partial charge on any atom is -0.444 e. The number of fused-ring (bicyclic) bond motifs is 1. The molecule has 1 fully saturated rings. The molecule has 2 aliphatic rings. The van der Waals surface area contributed by atoms with Crippen LogP contribution in [-0.2, 0) is 15.0 Å². The molecule has 0 spiro atoms. The fourth-order valence-electron chi connectivity index (χ4n) is 3.00. The van der Waals surface area contributed by atoms with Crippen molar-refractivity contribution >= 4 is 28.7 Å². The number of alkyl carbamates (subject to hydrolysis) is 1. The minimum atomic E-state index is -0.880. The van der Waals surface area contributed by atoms with E-state index in [0.29, 0.717) is 28.8 Å². The van der Waals surface area contributed by atoms with Gasteiger partial charge in [0.1, 0.15) is 17.0 Å². The molecule has 2 atom stereocenters. The summed E-state index contributed by atoms with van der Waals surface area (Å²) in [5.74, 6) is 0.290. The minimum absolute atomic E-state index is 0.0120. The topological polar surface area (TPSA) is 85.9 Å². The smallest absolute Gasteiger partial charge is 0.413 e. The van der Waals surface area contributed by atoms with Gasteiger partial charge in [-0.2, -0.15) is 0 Å². The van der Waals surface area contributed by atoms with E-state index >= 15 is 0 Å². The summed E-state index contributed by atoms with van der Waals surface area (Å²) in [6.07, 6.45) is -0.584. The second-order valence-corrected chi connectivity index (χ2v) is 8.24. The first-order chi connectivity index (χ1) is 11.7. The third kappa shape index (κ3) is 3.74. The van der Waals surface area contributed by atoms with Crippen LogP contribution in [0.4, 0.5) is 14.9 Å². The van der Waals surface area contributed by atoms with Crippen LogP contribution in [-0.4, -0.2) is 35.8 Å². The molecule has 25 heavy (non-hydrogen) atoms. The molecule has 136 valence electrons. The van der Waals surface area contributed by atoms with Crippen molar-refractivity contribution in [1.29, 1.82) is 0 Å². The molecule has 0 radical (unpaired) electrons. The third-order valence-electron chi connectivity index (χ3n) is 4.10. The number of aliphatic imine (C=N–C) groups is 1. The maximum atomic E-state index is 14.5. The number of ether oxygens (including phenoxy) is 2. The van der Waals surface area contributed by atoms with E-state index in [1.807, 2.05) is 0 Å². The molecule has 8 heteroatoms. The number of rotatable bonds is 1. The lowest BCUT2D eigenvalue weighted by Crippen LogP contribution is -2.43. The molecular weight excluding hydrogens is 345 g/mol. The second-order valence-electron chi connectivity index (χ2n) is 7.23. The first-order valence-electron chi connectivity index (χ1n) is 8.05. The number of nitrogen functional groups attached to an aromatic ring is 1. The van der Waals surface area contributed by atoms with E-state index in [4.69, 9.17) is 15.2 Å². The van der Waals surface area contributed by atoms with Crippen LogP contribution in [0.5, 0.6) is 0 Å². The summed E-state index contributed by atoms with van der Waals surface area (Å²) in [5, 5.41) is 3.06. The molecule has 0 saturated carbocycles. The number of anilines is 1. The number of carbonyl (C=O) groups excluding carboxylic acids is 1. The lowest BCUT2D eigenvalue weighted by Gasteiger charge is -2.35. The van der Waals surface area contributed by atoms with Gasteiger partial charge in [0, 0.05) is 22.9 Å². The van der Waals surface area contributed by atoms with Gasteiger partial charge in [-0.1, -0.05) is 11.8 Å². The van der Waals surface area contributed by atoms with E-state index in [1.54, 1.807) is 26.8 Å². The van der Waals surface area contributed by atoms with Crippen molar-refractivity contribution in [3.8, 4) is 0 Å². The maximum absolute atomic E-state index is 14.5. The van der Waals surface area contributed by atoms with E-state index in [0.717, 1.165) is 0 Å². The summed E-state index contributed by atoms with van der Waals surface area (Å²) in [5.41, 5.74) is 5.22. The van der Waals surface area contributed by atoms with Crippen molar-refractivity contribution in [3.05, 3.63) is 29.6 Å². The van der Waals surface area contributed by atoms with Gasteiger partial charge in [0.25, 0.3) is 0 Å². The maximum Gasteiger partial charge on any atom is 0.413 e. The Bertz CT molecular complexity index is 720. The highest BCUT2D eigenvalue weighted by atomic mass is 32.2. The highest BCUT2D eigenvalue weighted by molar-refractivity contribution is 8.13. The van der Waals surface area contributed by atoms with Crippen molar-refractivity contribution in [3.63, 3.8) is 0 Å². The number of nitrogens with zero attached hydrogens (tertiary/aromatic N) is 1. The van der Waals surface area contributed by atoms with Crippen LogP contribution in [0.1, 0.15) is 26.3 Å². The second kappa shape index (κ2) is 6.49. The van der Waals surface area contributed by atoms with Gasteiger partial charge in [-0.3, -0.25) is 5.32 Å². The average Bonchev–Trinajstić information content (AvgIpc) is 2.91. The number of carbonyl (C=O) groups is 1. The Morgan fingerprint density at radius 3 is 3.00 bits per heavy atom. The predicted molar refractivity (Wildman–Crippen MR) is 96.1 cm³/mol. The van der Waals surface area contributed by atoms with E-state index < -0.39 is 17.2 Å². The van der Waals surface area contributed by atoms with Crippen LogP contribution in [0.3, 0.4) is 0 Å². The number of halogens is 1. The monoisotopic (exact) mass is 367 g/mol. The van der Waals surface area contributed by atoms with Gasteiger partial charge in [-0.05, 0) is 39.0 Å². The predicted octanol–water partition coefficient (Wildman–Crippen LogP) is 2.88. The Hall–Kier alpha value is -1.80. The van der Waals surface area contributed by atoms with Crippen LogP contribution in [0.2, 0.25) is 0 Å². The zero-order valence-corrected chi connectivity index (χ0v) is 15.3. The molecule has 1 amide bonds. The van der Waals surface area contributed by atoms with Crippen LogP contribution in [0.15, 0.2) is 23.2 Å². The molecule has 2 heterocycles. The zero-order chi connectivity index (χ0) is 18.2. The fourth-order valence-corrected chi connectivity index (χ4v) is 4.12. The van der Waals surface area contributed by atoms with Gasteiger partial charge in [0.05, 0.1) is 13.2 Å². The zero-order valence-electron chi connectivity index (χ0n) is 14.5. The molecule has 0 bridgehead atoms. The highest BCUT2D eigenvalue weighted by Crippen LogP contribution is 2.45. The molecule has 0 aromatic heterocycles. The van der Waals surface area contributed by atoms with Crippen molar-refractivity contribution in [2.75, 3.05) is 24.7 Å². The molecule has 1 saturated heterocycles. The van der Waals surface area contributed by atoms with E-state index in [1.165, 1.54) is 23.9 Å². The largest absolute Gasteiger partial charge is 0.444 e. The number of amidine groups is 1. The molecular formula is C17H22FN3O3S. The Balaban J connectivity index is 1.93. The molecule has 3 rings (SSSR count). The summed E-state index contributed by atoms with van der Waals surface area (Å²) < 4.78 is 25.4. The van der Waals surface area contributed by atoms with Gasteiger partial charge < -0.3 is 15.2 Å². The highest BCUT2D eigenvalue weighted by Gasteiger charge is 2.49.